The summed E-state index contributed by atoms with van der Waals surface area (Å²) in [5.41, 5.74) is 8.91. The molecule has 2 atom stereocenters. The van der Waals surface area contributed by atoms with Crippen LogP contribution in [0.2, 0.25) is 0 Å². The fraction of sp³-hybridized carbons (Fsp3) is 0.250. The number of halogens is 2. The second-order valence-electron chi connectivity index (χ2n) is 5.16. The van der Waals surface area contributed by atoms with Crippen LogP contribution in [0.4, 0.5) is 4.39 Å². The van der Waals surface area contributed by atoms with E-state index in [2.05, 4.69) is 15.9 Å². The Bertz CT molecular complexity index is 659. The molecule has 0 radical (unpaired) electrons. The van der Waals surface area contributed by atoms with Crippen molar-refractivity contribution in [3.63, 3.8) is 0 Å². The van der Waals surface area contributed by atoms with Crippen LogP contribution in [0.3, 0.4) is 0 Å². The average Bonchev–Trinajstić information content (AvgIpc) is 2.39. The SMILES string of the molecule is Cc1ccc2c(c1)C(N)CC(c1ccc(Br)cc1F)O2. The third-order valence-corrected chi connectivity index (χ3v) is 4.10. The molecule has 0 fully saturated rings. The third-order valence-electron chi connectivity index (χ3n) is 3.61. The minimum Gasteiger partial charge on any atom is -0.485 e. The average molecular weight is 336 g/mol. The maximum atomic E-state index is 14.1. The molecular weight excluding hydrogens is 321 g/mol. The summed E-state index contributed by atoms with van der Waals surface area (Å²) < 4.78 is 20.7. The lowest BCUT2D eigenvalue weighted by Crippen LogP contribution is -2.24. The largest absolute Gasteiger partial charge is 0.485 e. The van der Waals surface area contributed by atoms with E-state index >= 15 is 0 Å². The van der Waals surface area contributed by atoms with Gasteiger partial charge >= 0.3 is 0 Å². The minimum atomic E-state index is -0.340. The molecule has 2 aromatic rings. The molecule has 1 aliphatic heterocycles. The Hall–Kier alpha value is -1.39. The first-order valence-corrected chi connectivity index (χ1v) is 7.31. The van der Waals surface area contributed by atoms with Crippen molar-refractivity contribution in [3.8, 4) is 5.75 Å². The number of hydrogen-bond donors (Lipinski definition) is 1. The lowest BCUT2D eigenvalue weighted by molar-refractivity contribution is 0.157. The Labute approximate surface area is 125 Å². The fourth-order valence-electron chi connectivity index (χ4n) is 2.58. The van der Waals surface area contributed by atoms with E-state index in [1.807, 2.05) is 31.2 Å². The Morgan fingerprint density at radius 2 is 2.00 bits per heavy atom. The molecule has 20 heavy (non-hydrogen) atoms. The lowest BCUT2D eigenvalue weighted by Gasteiger charge is -2.31. The number of aryl methyl sites for hydroxylation is 1. The number of rotatable bonds is 1. The summed E-state index contributed by atoms with van der Waals surface area (Å²) in [6.07, 6.45) is 0.239. The molecule has 3 rings (SSSR count). The van der Waals surface area contributed by atoms with Crippen molar-refractivity contribution >= 4 is 15.9 Å². The zero-order valence-electron chi connectivity index (χ0n) is 11.1. The molecule has 2 nitrogen and oxygen atoms in total. The summed E-state index contributed by atoms with van der Waals surface area (Å²) in [5, 5.41) is 0. The first kappa shape index (κ1) is 13.6. The predicted molar refractivity (Wildman–Crippen MR) is 80.2 cm³/mol. The fourth-order valence-corrected chi connectivity index (χ4v) is 2.91. The van der Waals surface area contributed by atoms with Gasteiger partial charge in [0.05, 0.1) is 0 Å². The Balaban J connectivity index is 1.97. The van der Waals surface area contributed by atoms with Crippen LogP contribution in [-0.4, -0.2) is 0 Å². The van der Waals surface area contributed by atoms with Gasteiger partial charge in [-0.1, -0.05) is 39.7 Å². The van der Waals surface area contributed by atoms with Crippen molar-refractivity contribution in [2.75, 3.05) is 0 Å². The summed E-state index contributed by atoms with van der Waals surface area (Å²) >= 11 is 3.26. The zero-order valence-corrected chi connectivity index (χ0v) is 12.7. The van der Waals surface area contributed by atoms with Crippen LogP contribution in [-0.2, 0) is 0 Å². The first-order chi connectivity index (χ1) is 9.54. The van der Waals surface area contributed by atoms with Crippen LogP contribution in [0.1, 0.15) is 35.3 Å². The van der Waals surface area contributed by atoms with Crippen molar-refractivity contribution in [2.45, 2.75) is 25.5 Å². The van der Waals surface area contributed by atoms with Gasteiger partial charge in [-0.25, -0.2) is 4.39 Å². The van der Waals surface area contributed by atoms with Gasteiger partial charge in [-0.2, -0.15) is 0 Å². The van der Waals surface area contributed by atoms with E-state index in [9.17, 15) is 4.39 Å². The van der Waals surface area contributed by atoms with Crippen LogP contribution in [0.5, 0.6) is 5.75 Å². The molecule has 0 spiro atoms. The Kier molecular flexibility index (Phi) is 3.52. The summed E-state index contributed by atoms with van der Waals surface area (Å²) in [5.74, 6) is 0.480. The molecule has 0 amide bonds. The first-order valence-electron chi connectivity index (χ1n) is 6.52. The second-order valence-corrected chi connectivity index (χ2v) is 6.07. The van der Waals surface area contributed by atoms with Crippen LogP contribution in [0.15, 0.2) is 40.9 Å². The normalized spacial score (nSPS) is 21.2. The number of fused-ring (bicyclic) bond motifs is 1. The van der Waals surface area contributed by atoms with Crippen molar-refractivity contribution in [2.24, 2.45) is 5.73 Å². The van der Waals surface area contributed by atoms with E-state index in [1.165, 1.54) is 6.07 Å². The Morgan fingerprint density at radius 1 is 1.20 bits per heavy atom. The summed E-state index contributed by atoms with van der Waals surface area (Å²) in [7, 11) is 0. The van der Waals surface area contributed by atoms with E-state index in [4.69, 9.17) is 10.5 Å². The van der Waals surface area contributed by atoms with Gasteiger partial charge in [0.15, 0.2) is 0 Å². The van der Waals surface area contributed by atoms with E-state index in [0.29, 0.717) is 12.0 Å². The van der Waals surface area contributed by atoms with Crippen molar-refractivity contribution in [1.29, 1.82) is 0 Å². The lowest BCUT2D eigenvalue weighted by atomic mass is 9.92. The molecule has 2 unspecified atom stereocenters. The molecule has 0 aromatic heterocycles. The molecular formula is C16H15BrFNO. The van der Waals surface area contributed by atoms with Crippen LogP contribution in [0.25, 0.3) is 0 Å². The minimum absolute atomic E-state index is 0.133. The van der Waals surface area contributed by atoms with Crippen molar-refractivity contribution < 1.29 is 9.13 Å². The molecule has 104 valence electrons. The second kappa shape index (κ2) is 5.19. The Morgan fingerprint density at radius 3 is 2.75 bits per heavy atom. The molecule has 0 saturated heterocycles. The van der Waals surface area contributed by atoms with Crippen LogP contribution in [0, 0.1) is 12.7 Å². The molecule has 2 N–H and O–H groups in total. The van der Waals surface area contributed by atoms with Gasteiger partial charge in [0, 0.05) is 28.1 Å². The number of benzene rings is 2. The molecule has 0 aliphatic carbocycles. The van der Waals surface area contributed by atoms with E-state index in [1.54, 1.807) is 6.07 Å². The highest BCUT2D eigenvalue weighted by Gasteiger charge is 2.28. The molecule has 1 aliphatic rings. The monoisotopic (exact) mass is 335 g/mol. The highest BCUT2D eigenvalue weighted by Crippen LogP contribution is 2.40. The quantitative estimate of drug-likeness (QED) is 0.837. The number of nitrogens with two attached hydrogens (primary N) is 1. The van der Waals surface area contributed by atoms with Gasteiger partial charge in [-0.15, -0.1) is 0 Å². The van der Waals surface area contributed by atoms with E-state index < -0.39 is 0 Å². The number of hydrogen-bond acceptors (Lipinski definition) is 2. The molecule has 0 bridgehead atoms. The van der Waals surface area contributed by atoms with Crippen LogP contribution < -0.4 is 10.5 Å². The highest BCUT2D eigenvalue weighted by molar-refractivity contribution is 9.10. The standard InChI is InChI=1S/C16H15BrFNO/c1-9-2-5-15-12(6-9)14(19)8-16(20-15)11-4-3-10(17)7-13(11)18/h2-7,14,16H,8,19H2,1H3. The molecule has 0 saturated carbocycles. The smallest absolute Gasteiger partial charge is 0.131 e. The van der Waals surface area contributed by atoms with Crippen LogP contribution >= 0.6 is 15.9 Å². The molecule has 2 aromatic carbocycles. The zero-order chi connectivity index (χ0) is 14.3. The predicted octanol–water partition coefficient (Wildman–Crippen LogP) is 4.42. The van der Waals surface area contributed by atoms with Crippen molar-refractivity contribution in [1.82, 2.24) is 0 Å². The van der Waals surface area contributed by atoms with E-state index in [0.717, 1.165) is 21.3 Å². The van der Waals surface area contributed by atoms with Gasteiger partial charge in [0.2, 0.25) is 0 Å². The third kappa shape index (κ3) is 2.45. The summed E-state index contributed by atoms with van der Waals surface area (Å²) in [6.45, 7) is 2.02. The molecule has 4 heteroatoms. The van der Waals surface area contributed by atoms with Gasteiger partial charge in [-0.3, -0.25) is 0 Å². The van der Waals surface area contributed by atoms with Gasteiger partial charge in [0.1, 0.15) is 17.7 Å². The van der Waals surface area contributed by atoms with Crippen molar-refractivity contribution in [3.05, 3.63) is 63.4 Å². The molecule has 1 heterocycles. The summed E-state index contributed by atoms with van der Waals surface area (Å²) in [4.78, 5) is 0. The topological polar surface area (TPSA) is 35.2 Å². The van der Waals surface area contributed by atoms with Gasteiger partial charge in [0.25, 0.3) is 0 Å². The van der Waals surface area contributed by atoms with E-state index in [-0.39, 0.29) is 18.0 Å². The number of ether oxygens (including phenoxy) is 1. The maximum absolute atomic E-state index is 14.1. The summed E-state index contributed by atoms with van der Waals surface area (Å²) in [6, 6.07) is 10.8. The van der Waals surface area contributed by atoms with Gasteiger partial charge < -0.3 is 10.5 Å². The highest BCUT2D eigenvalue weighted by atomic mass is 79.9. The van der Waals surface area contributed by atoms with Gasteiger partial charge in [-0.05, 0) is 25.1 Å². The maximum Gasteiger partial charge on any atom is 0.131 e.